The number of aromatic carboxylic acids is 1. The Morgan fingerprint density at radius 1 is 0.962 bits per heavy atom. The number of rotatable bonds is 5. The third-order valence-electron chi connectivity index (χ3n) is 3.73. The average molecular weight is 368 g/mol. The molecule has 0 radical (unpaired) electrons. The van der Waals surface area contributed by atoms with Gasteiger partial charge in [-0.25, -0.2) is 18.2 Å². The second kappa shape index (κ2) is 6.97. The molecule has 1 aromatic heterocycles. The molecule has 7 heteroatoms. The molecule has 0 aliphatic rings. The number of hydrogen-bond acceptors (Lipinski definition) is 4. The molecule has 26 heavy (non-hydrogen) atoms. The first-order valence-electron chi connectivity index (χ1n) is 7.75. The Bertz CT molecular complexity index is 1060. The minimum absolute atomic E-state index is 0.0962. The lowest BCUT2D eigenvalue weighted by Crippen LogP contribution is -2.14. The van der Waals surface area contributed by atoms with Crippen LogP contribution in [0.25, 0.3) is 11.1 Å². The molecule has 2 aromatic carbocycles. The topological polar surface area (TPSA) is 96.4 Å². The Kier molecular flexibility index (Phi) is 4.73. The third-order valence-corrected chi connectivity index (χ3v) is 5.11. The highest BCUT2D eigenvalue weighted by Gasteiger charge is 2.15. The van der Waals surface area contributed by atoms with Gasteiger partial charge in [0.1, 0.15) is 5.82 Å². The Morgan fingerprint density at radius 2 is 1.65 bits per heavy atom. The molecule has 132 valence electrons. The van der Waals surface area contributed by atoms with Crippen molar-refractivity contribution in [3.05, 3.63) is 78.0 Å². The lowest BCUT2D eigenvalue weighted by molar-refractivity contribution is 0.0697. The van der Waals surface area contributed by atoms with Crippen molar-refractivity contribution in [1.29, 1.82) is 0 Å². The van der Waals surface area contributed by atoms with Crippen molar-refractivity contribution in [3.63, 3.8) is 0 Å². The van der Waals surface area contributed by atoms with E-state index in [2.05, 4.69) is 9.71 Å². The molecule has 1 heterocycles. The van der Waals surface area contributed by atoms with E-state index in [0.717, 1.165) is 5.56 Å². The number of sulfonamides is 1. The van der Waals surface area contributed by atoms with Crippen LogP contribution in [-0.4, -0.2) is 24.5 Å². The van der Waals surface area contributed by atoms with Crippen LogP contribution in [0.5, 0.6) is 0 Å². The van der Waals surface area contributed by atoms with Crippen molar-refractivity contribution in [2.45, 2.75) is 11.8 Å². The molecule has 0 saturated carbocycles. The summed E-state index contributed by atoms with van der Waals surface area (Å²) in [5, 5.41) is 9.07. The fraction of sp³-hybridized carbons (Fsp3) is 0.0526. The summed E-state index contributed by atoms with van der Waals surface area (Å²) in [7, 11) is -3.76. The molecule has 0 fully saturated rings. The first kappa shape index (κ1) is 17.6. The van der Waals surface area contributed by atoms with Crippen LogP contribution in [0.3, 0.4) is 0 Å². The van der Waals surface area contributed by atoms with E-state index in [-0.39, 0.29) is 16.3 Å². The van der Waals surface area contributed by atoms with E-state index in [1.54, 1.807) is 55.5 Å². The number of hydrogen-bond donors (Lipinski definition) is 2. The van der Waals surface area contributed by atoms with Gasteiger partial charge in [0.2, 0.25) is 0 Å². The highest BCUT2D eigenvalue weighted by molar-refractivity contribution is 7.92. The van der Waals surface area contributed by atoms with Crippen molar-refractivity contribution in [2.24, 2.45) is 0 Å². The van der Waals surface area contributed by atoms with E-state index < -0.39 is 16.0 Å². The highest BCUT2D eigenvalue weighted by Crippen LogP contribution is 2.23. The highest BCUT2D eigenvalue weighted by atomic mass is 32.2. The van der Waals surface area contributed by atoms with Crippen molar-refractivity contribution in [2.75, 3.05) is 4.72 Å². The van der Waals surface area contributed by atoms with Gasteiger partial charge in [0.15, 0.2) is 0 Å². The Labute approximate surface area is 151 Å². The predicted molar refractivity (Wildman–Crippen MR) is 98.6 cm³/mol. The van der Waals surface area contributed by atoms with E-state index in [1.165, 1.54) is 18.2 Å². The lowest BCUT2D eigenvalue weighted by atomic mass is 10.0. The minimum atomic E-state index is -3.76. The fourth-order valence-electron chi connectivity index (χ4n) is 2.45. The largest absolute Gasteiger partial charge is 0.478 e. The summed E-state index contributed by atoms with van der Waals surface area (Å²) in [5.41, 5.74) is 2.30. The number of nitrogens with one attached hydrogen (secondary N) is 1. The number of benzene rings is 2. The Balaban J connectivity index is 1.87. The Morgan fingerprint density at radius 3 is 2.31 bits per heavy atom. The van der Waals surface area contributed by atoms with Crippen molar-refractivity contribution in [3.8, 4) is 11.1 Å². The standard InChI is InChI=1S/C19H16N2O4S/c1-13-4-2-7-18(20-13)21-26(24,25)17-10-8-14(9-11-17)15-5-3-6-16(12-15)19(22)23/h2-12H,1H3,(H,20,21)(H,22,23). The molecule has 0 aliphatic carbocycles. The van der Waals surface area contributed by atoms with Crippen molar-refractivity contribution < 1.29 is 18.3 Å². The van der Waals surface area contributed by atoms with Crippen LogP contribution in [0.15, 0.2) is 71.6 Å². The maximum Gasteiger partial charge on any atom is 0.335 e. The number of anilines is 1. The van der Waals surface area contributed by atoms with Crippen LogP contribution in [0.4, 0.5) is 5.82 Å². The smallest absolute Gasteiger partial charge is 0.335 e. The van der Waals surface area contributed by atoms with Gasteiger partial charge in [-0.05, 0) is 54.4 Å². The Hall–Kier alpha value is -3.19. The molecule has 0 aliphatic heterocycles. The van der Waals surface area contributed by atoms with E-state index in [1.807, 2.05) is 0 Å². The first-order chi connectivity index (χ1) is 12.3. The normalized spacial score (nSPS) is 11.1. The molecule has 0 bridgehead atoms. The van der Waals surface area contributed by atoms with E-state index in [0.29, 0.717) is 11.3 Å². The van der Waals surface area contributed by atoms with Gasteiger partial charge in [0.25, 0.3) is 10.0 Å². The number of nitrogens with zero attached hydrogens (tertiary/aromatic N) is 1. The number of aryl methyl sites for hydroxylation is 1. The number of carboxylic acid groups (broad SMARTS) is 1. The molecular formula is C19H16N2O4S. The van der Waals surface area contributed by atoms with E-state index >= 15 is 0 Å². The second-order valence-electron chi connectivity index (χ2n) is 5.68. The minimum Gasteiger partial charge on any atom is -0.478 e. The van der Waals surface area contributed by atoms with Gasteiger partial charge in [-0.2, -0.15) is 0 Å². The number of carboxylic acids is 1. The summed E-state index contributed by atoms with van der Waals surface area (Å²) in [4.78, 5) is 15.3. The van der Waals surface area contributed by atoms with Gasteiger partial charge in [-0.1, -0.05) is 30.3 Å². The summed E-state index contributed by atoms with van der Waals surface area (Å²) in [6.07, 6.45) is 0. The monoisotopic (exact) mass is 368 g/mol. The van der Waals surface area contributed by atoms with Crippen LogP contribution in [0.1, 0.15) is 16.1 Å². The summed E-state index contributed by atoms with van der Waals surface area (Å²) in [6.45, 7) is 1.78. The fourth-order valence-corrected chi connectivity index (χ4v) is 3.46. The number of aromatic nitrogens is 1. The van der Waals surface area contributed by atoms with Gasteiger partial charge in [0.05, 0.1) is 10.5 Å². The van der Waals surface area contributed by atoms with Crippen LogP contribution in [0, 0.1) is 6.92 Å². The summed E-state index contributed by atoms with van der Waals surface area (Å²) in [5.74, 6) is -0.760. The third kappa shape index (κ3) is 3.89. The molecule has 3 aromatic rings. The quantitative estimate of drug-likeness (QED) is 0.718. The van der Waals surface area contributed by atoms with Crippen LogP contribution in [-0.2, 0) is 10.0 Å². The molecule has 2 N–H and O–H groups in total. The van der Waals surface area contributed by atoms with Gasteiger partial charge < -0.3 is 5.11 Å². The lowest BCUT2D eigenvalue weighted by Gasteiger charge is -2.09. The molecule has 6 nitrogen and oxygen atoms in total. The predicted octanol–water partition coefficient (Wildman–Crippen LogP) is 3.56. The van der Waals surface area contributed by atoms with Crippen LogP contribution >= 0.6 is 0 Å². The van der Waals surface area contributed by atoms with Crippen LogP contribution in [0.2, 0.25) is 0 Å². The molecule has 0 atom stereocenters. The van der Waals surface area contributed by atoms with Crippen molar-refractivity contribution in [1.82, 2.24) is 4.98 Å². The SMILES string of the molecule is Cc1cccc(NS(=O)(=O)c2ccc(-c3cccc(C(=O)O)c3)cc2)n1. The van der Waals surface area contributed by atoms with Gasteiger partial charge >= 0.3 is 5.97 Å². The zero-order chi connectivity index (χ0) is 18.7. The molecular weight excluding hydrogens is 352 g/mol. The summed E-state index contributed by atoms with van der Waals surface area (Å²) in [6, 6.07) is 17.8. The maximum atomic E-state index is 12.5. The first-order valence-corrected chi connectivity index (χ1v) is 9.24. The number of pyridine rings is 1. The molecule has 0 saturated heterocycles. The van der Waals surface area contributed by atoms with Crippen molar-refractivity contribution >= 4 is 21.8 Å². The van der Waals surface area contributed by atoms with Crippen LogP contribution < -0.4 is 4.72 Å². The molecule has 3 rings (SSSR count). The zero-order valence-electron chi connectivity index (χ0n) is 13.9. The summed E-state index contributed by atoms with van der Waals surface area (Å²) < 4.78 is 27.4. The van der Waals surface area contributed by atoms with Gasteiger partial charge in [-0.3, -0.25) is 4.72 Å². The van der Waals surface area contributed by atoms with E-state index in [9.17, 15) is 13.2 Å². The maximum absolute atomic E-state index is 12.5. The molecule has 0 amide bonds. The van der Waals surface area contributed by atoms with Gasteiger partial charge in [0, 0.05) is 5.69 Å². The summed E-state index contributed by atoms with van der Waals surface area (Å²) >= 11 is 0. The second-order valence-corrected chi connectivity index (χ2v) is 7.36. The zero-order valence-corrected chi connectivity index (χ0v) is 14.7. The molecule has 0 unspecified atom stereocenters. The van der Waals surface area contributed by atoms with E-state index in [4.69, 9.17) is 5.11 Å². The average Bonchev–Trinajstić information content (AvgIpc) is 2.61. The molecule has 0 spiro atoms. The van der Waals surface area contributed by atoms with Gasteiger partial charge in [-0.15, -0.1) is 0 Å². The number of carbonyl (C=O) groups is 1.